The Hall–Kier alpha value is -2.65. The number of amides is 1. The Bertz CT molecular complexity index is 897. The zero-order valence-electron chi connectivity index (χ0n) is 19.7. The molecule has 0 aliphatic carbocycles. The number of hydrogen-bond donors (Lipinski definition) is 2. The van der Waals surface area contributed by atoms with Gasteiger partial charge in [0.05, 0.1) is 5.75 Å². The lowest BCUT2D eigenvalue weighted by Crippen LogP contribution is -2.50. The standard InChI is InChI=1S/C19H27N5O3S.C4H10/c1-4-17(23-11-13-24(14-12-23)28(26,27)5-2)22-18(15(3)20)19(25)21-16-9-7-6-8-10-16;1-3-4-2/h4,6-10H,1,5,11-14,20H2,2-3H3,(H,21,25);3-4H2,1-2H3/b18-15+,22-17?;. The summed E-state index contributed by atoms with van der Waals surface area (Å²) < 4.78 is 25.5. The fourth-order valence-electron chi connectivity index (χ4n) is 2.77. The zero-order chi connectivity index (χ0) is 24.1. The summed E-state index contributed by atoms with van der Waals surface area (Å²) >= 11 is 0. The van der Waals surface area contributed by atoms with Gasteiger partial charge in [-0.1, -0.05) is 51.5 Å². The summed E-state index contributed by atoms with van der Waals surface area (Å²) in [6.07, 6.45) is 4.18. The molecule has 178 valence electrons. The van der Waals surface area contributed by atoms with Gasteiger partial charge in [-0.2, -0.15) is 4.31 Å². The monoisotopic (exact) mass is 463 g/mol. The number of sulfonamides is 1. The van der Waals surface area contributed by atoms with E-state index in [0.29, 0.717) is 37.7 Å². The number of nitrogens with zero attached hydrogens (tertiary/aromatic N) is 3. The molecule has 0 atom stereocenters. The molecule has 1 aromatic rings. The second kappa shape index (κ2) is 13.7. The van der Waals surface area contributed by atoms with E-state index >= 15 is 0 Å². The van der Waals surface area contributed by atoms with Crippen LogP contribution in [0.15, 0.2) is 59.4 Å². The van der Waals surface area contributed by atoms with Crippen LogP contribution in [0, 0.1) is 0 Å². The van der Waals surface area contributed by atoms with Gasteiger partial charge in [0.15, 0.2) is 0 Å². The fourth-order valence-corrected chi connectivity index (χ4v) is 3.85. The maximum atomic E-state index is 12.6. The molecule has 0 unspecified atom stereocenters. The Balaban J connectivity index is 0.00000118. The van der Waals surface area contributed by atoms with Gasteiger partial charge < -0.3 is 16.0 Å². The van der Waals surface area contributed by atoms with Crippen molar-refractivity contribution in [2.24, 2.45) is 10.7 Å². The normalized spacial score (nSPS) is 15.9. The van der Waals surface area contributed by atoms with Gasteiger partial charge in [0.1, 0.15) is 11.5 Å². The highest BCUT2D eigenvalue weighted by Gasteiger charge is 2.26. The maximum absolute atomic E-state index is 12.6. The first kappa shape index (κ1) is 27.4. The molecule has 3 N–H and O–H groups in total. The minimum Gasteiger partial charge on any atom is -0.400 e. The van der Waals surface area contributed by atoms with E-state index in [1.54, 1.807) is 32.1 Å². The van der Waals surface area contributed by atoms with Crippen molar-refractivity contribution < 1.29 is 13.2 Å². The number of unbranched alkanes of at least 4 members (excludes halogenated alkanes) is 1. The minimum atomic E-state index is -3.21. The van der Waals surface area contributed by atoms with Crippen molar-refractivity contribution in [3.05, 3.63) is 54.4 Å². The van der Waals surface area contributed by atoms with E-state index in [4.69, 9.17) is 5.73 Å². The highest BCUT2D eigenvalue weighted by atomic mass is 32.2. The molecule has 32 heavy (non-hydrogen) atoms. The largest absolute Gasteiger partial charge is 0.400 e. The number of hydrogen-bond acceptors (Lipinski definition) is 5. The number of nitrogens with two attached hydrogens (primary N) is 1. The van der Waals surface area contributed by atoms with Gasteiger partial charge in [-0.25, -0.2) is 13.4 Å². The summed E-state index contributed by atoms with van der Waals surface area (Å²) in [5.41, 5.74) is 6.91. The van der Waals surface area contributed by atoms with Gasteiger partial charge >= 0.3 is 0 Å². The van der Waals surface area contributed by atoms with Gasteiger partial charge in [0, 0.05) is 37.6 Å². The van der Waals surface area contributed by atoms with Crippen LogP contribution in [0.1, 0.15) is 40.5 Å². The molecule has 9 heteroatoms. The number of amidine groups is 1. The minimum absolute atomic E-state index is 0.0777. The molecule has 0 aromatic heterocycles. The average molecular weight is 464 g/mol. The summed E-state index contributed by atoms with van der Waals surface area (Å²) in [6, 6.07) is 9.03. The molecule has 1 aromatic carbocycles. The fraction of sp³-hybridized carbons (Fsp3) is 0.478. The highest BCUT2D eigenvalue weighted by molar-refractivity contribution is 7.89. The van der Waals surface area contributed by atoms with Gasteiger partial charge in [-0.15, -0.1) is 0 Å². The Morgan fingerprint density at radius 3 is 2.12 bits per heavy atom. The quantitative estimate of drug-likeness (QED) is 0.367. The predicted octanol–water partition coefficient (Wildman–Crippen LogP) is 3.17. The third-order valence-corrected chi connectivity index (χ3v) is 6.73. The van der Waals surface area contributed by atoms with Crippen LogP contribution in [0.5, 0.6) is 0 Å². The molecule has 1 aliphatic rings. The van der Waals surface area contributed by atoms with Crippen LogP contribution >= 0.6 is 0 Å². The van der Waals surface area contributed by atoms with Crippen LogP contribution in [0.3, 0.4) is 0 Å². The van der Waals surface area contributed by atoms with Crippen molar-refractivity contribution in [2.45, 2.75) is 40.5 Å². The summed E-state index contributed by atoms with van der Waals surface area (Å²) in [6.45, 7) is 13.0. The number of carbonyl (C=O) groups is 1. The summed E-state index contributed by atoms with van der Waals surface area (Å²) in [7, 11) is -3.21. The summed E-state index contributed by atoms with van der Waals surface area (Å²) in [5, 5.41) is 2.77. The van der Waals surface area contributed by atoms with Crippen LogP contribution in [0.25, 0.3) is 0 Å². The molecule has 2 rings (SSSR count). The Morgan fingerprint density at radius 2 is 1.69 bits per heavy atom. The number of piperazine rings is 1. The van der Waals surface area contributed by atoms with E-state index in [9.17, 15) is 13.2 Å². The number of aliphatic imine (C=N–C) groups is 1. The van der Waals surface area contributed by atoms with Crippen molar-refractivity contribution in [1.29, 1.82) is 0 Å². The first-order valence-electron chi connectivity index (χ1n) is 11.0. The van der Waals surface area contributed by atoms with Gasteiger partial charge in [-0.05, 0) is 32.1 Å². The maximum Gasteiger partial charge on any atom is 0.276 e. The smallest absolute Gasteiger partial charge is 0.276 e. The number of benzene rings is 1. The number of allylic oxidation sites excluding steroid dienone is 1. The van der Waals surface area contributed by atoms with Crippen molar-refractivity contribution >= 4 is 27.5 Å². The molecule has 1 aliphatic heterocycles. The lowest BCUT2D eigenvalue weighted by atomic mass is 10.2. The van der Waals surface area contributed by atoms with E-state index in [-0.39, 0.29) is 17.1 Å². The SMILES string of the molecule is C=CC(=N/C(C(=O)Nc1ccccc1)=C(\C)N)N1CCN(S(=O)(=O)CC)CC1.CCCC. The van der Waals surface area contributed by atoms with Crippen molar-refractivity contribution in [3.8, 4) is 0 Å². The predicted molar refractivity (Wildman–Crippen MR) is 133 cm³/mol. The average Bonchev–Trinajstić information content (AvgIpc) is 2.80. The number of para-hydroxylation sites is 1. The van der Waals surface area contributed by atoms with E-state index < -0.39 is 15.9 Å². The number of nitrogens with one attached hydrogen (secondary N) is 1. The highest BCUT2D eigenvalue weighted by Crippen LogP contribution is 2.13. The van der Waals surface area contributed by atoms with Crippen molar-refractivity contribution in [3.63, 3.8) is 0 Å². The van der Waals surface area contributed by atoms with Gasteiger partial charge in [0.25, 0.3) is 5.91 Å². The van der Waals surface area contributed by atoms with Gasteiger partial charge in [-0.3, -0.25) is 4.79 Å². The first-order valence-corrected chi connectivity index (χ1v) is 12.6. The molecule has 1 amide bonds. The summed E-state index contributed by atoms with van der Waals surface area (Å²) in [5.74, 6) is 0.142. The molecule has 8 nitrogen and oxygen atoms in total. The van der Waals surface area contributed by atoms with Crippen LogP contribution in [0.2, 0.25) is 0 Å². The first-order chi connectivity index (χ1) is 15.2. The third-order valence-electron chi connectivity index (χ3n) is 4.85. The number of anilines is 1. The number of rotatable bonds is 7. The lowest BCUT2D eigenvalue weighted by molar-refractivity contribution is -0.112. The van der Waals surface area contributed by atoms with Crippen LogP contribution in [-0.2, 0) is 14.8 Å². The Morgan fingerprint density at radius 1 is 1.12 bits per heavy atom. The molecule has 1 fully saturated rings. The molecular weight excluding hydrogens is 426 g/mol. The zero-order valence-corrected chi connectivity index (χ0v) is 20.5. The Labute approximate surface area is 192 Å². The van der Waals surface area contributed by atoms with E-state index in [2.05, 4.69) is 30.7 Å². The number of carbonyl (C=O) groups excluding carboxylic acids is 1. The molecule has 0 saturated carbocycles. The molecular formula is C23H37N5O3S. The molecule has 1 saturated heterocycles. The molecule has 0 radical (unpaired) electrons. The van der Waals surface area contributed by atoms with E-state index in [0.717, 1.165) is 0 Å². The third kappa shape index (κ3) is 8.47. The molecule has 0 spiro atoms. The topological polar surface area (TPSA) is 108 Å². The van der Waals surface area contributed by atoms with E-state index in [1.165, 1.54) is 17.1 Å². The second-order valence-corrected chi connectivity index (χ2v) is 9.57. The second-order valence-electron chi connectivity index (χ2n) is 7.31. The lowest BCUT2D eigenvalue weighted by Gasteiger charge is -2.35. The molecule has 1 heterocycles. The molecule has 0 bridgehead atoms. The van der Waals surface area contributed by atoms with E-state index in [1.807, 2.05) is 23.1 Å². The van der Waals surface area contributed by atoms with Crippen LogP contribution in [0.4, 0.5) is 5.69 Å². The summed E-state index contributed by atoms with van der Waals surface area (Å²) in [4.78, 5) is 18.9. The van der Waals surface area contributed by atoms with Gasteiger partial charge in [0.2, 0.25) is 10.0 Å². The van der Waals surface area contributed by atoms with Crippen LogP contribution in [-0.4, -0.2) is 61.3 Å². The van der Waals surface area contributed by atoms with Crippen molar-refractivity contribution in [2.75, 3.05) is 37.2 Å². The Kier molecular flexibility index (Phi) is 11.7. The van der Waals surface area contributed by atoms with Crippen LogP contribution < -0.4 is 11.1 Å². The van der Waals surface area contributed by atoms with Crippen molar-refractivity contribution in [1.82, 2.24) is 9.21 Å².